The summed E-state index contributed by atoms with van der Waals surface area (Å²) in [5, 5.41) is 10.4. The molecule has 0 bridgehead atoms. The number of aliphatic carboxylic acids is 1. The predicted molar refractivity (Wildman–Crippen MR) is 67.3 cm³/mol. The summed E-state index contributed by atoms with van der Waals surface area (Å²) >= 11 is 1.72. The fraction of sp³-hybridized carbons (Fsp3) is 0.667. The molecule has 4 nitrogen and oxygen atoms in total. The van der Waals surface area contributed by atoms with E-state index >= 15 is 0 Å². The first kappa shape index (κ1) is 12.5. The molecule has 2 rings (SSSR count). The van der Waals surface area contributed by atoms with E-state index in [-0.39, 0.29) is 0 Å². The van der Waals surface area contributed by atoms with Gasteiger partial charge in [-0.15, -0.1) is 11.3 Å². The summed E-state index contributed by atoms with van der Waals surface area (Å²) in [6, 6.07) is 0. The lowest BCUT2D eigenvalue weighted by Gasteiger charge is -2.37. The minimum atomic E-state index is -0.798. The molecule has 5 heteroatoms. The second-order valence-electron chi connectivity index (χ2n) is 4.87. The quantitative estimate of drug-likeness (QED) is 0.895. The molecule has 0 aliphatic carbocycles. The smallest absolute Gasteiger partial charge is 0.323 e. The molecule has 2 heterocycles. The summed E-state index contributed by atoms with van der Waals surface area (Å²) in [5.41, 5.74) is 0.373. The maximum absolute atomic E-state index is 11.2. The zero-order chi connectivity index (χ0) is 12.6. The van der Waals surface area contributed by atoms with E-state index in [0.717, 1.165) is 24.4 Å². The summed E-state index contributed by atoms with van der Waals surface area (Å²) in [6.07, 6.45) is 1.82. The van der Waals surface area contributed by atoms with Crippen molar-refractivity contribution in [3.05, 3.63) is 15.6 Å². The Kier molecular flexibility index (Phi) is 3.23. The molecule has 1 aromatic rings. The molecule has 0 radical (unpaired) electrons. The van der Waals surface area contributed by atoms with Gasteiger partial charge in [-0.05, 0) is 20.3 Å². The van der Waals surface area contributed by atoms with Gasteiger partial charge in [0.25, 0.3) is 0 Å². The van der Waals surface area contributed by atoms with E-state index in [9.17, 15) is 9.90 Å². The number of thiazole rings is 1. The number of rotatable bonds is 3. The van der Waals surface area contributed by atoms with Crippen LogP contribution in [-0.4, -0.2) is 33.0 Å². The third-order valence-corrected chi connectivity index (χ3v) is 4.62. The van der Waals surface area contributed by atoms with Crippen molar-refractivity contribution in [1.29, 1.82) is 0 Å². The Morgan fingerprint density at radius 2 is 2.29 bits per heavy atom. The lowest BCUT2D eigenvalue weighted by Crippen LogP contribution is -2.51. The number of hydrogen-bond acceptors (Lipinski definition) is 4. The van der Waals surface area contributed by atoms with Gasteiger partial charge in [0, 0.05) is 24.4 Å². The van der Waals surface area contributed by atoms with Crippen LogP contribution in [0.4, 0.5) is 0 Å². The van der Waals surface area contributed by atoms with Gasteiger partial charge in [0.2, 0.25) is 0 Å². The molecule has 17 heavy (non-hydrogen) atoms. The average molecular weight is 254 g/mol. The predicted octanol–water partition coefficient (Wildman–Crippen LogP) is 1.93. The monoisotopic (exact) mass is 254 g/mol. The average Bonchev–Trinajstić information content (AvgIpc) is 2.70. The molecule has 0 amide bonds. The van der Waals surface area contributed by atoms with Crippen molar-refractivity contribution >= 4 is 17.3 Å². The molecule has 0 saturated carbocycles. The number of carbonyl (C=O) groups is 1. The summed E-state index contributed by atoms with van der Waals surface area (Å²) in [6.45, 7) is 7.12. The lowest BCUT2D eigenvalue weighted by atomic mass is 10.00. The van der Waals surface area contributed by atoms with Crippen molar-refractivity contribution in [1.82, 2.24) is 9.88 Å². The highest BCUT2D eigenvalue weighted by Crippen LogP contribution is 2.29. The van der Waals surface area contributed by atoms with E-state index < -0.39 is 11.5 Å². The third kappa shape index (κ3) is 2.21. The number of aryl methyl sites for hydroxylation is 1. The van der Waals surface area contributed by atoms with Crippen LogP contribution in [-0.2, 0) is 24.2 Å². The maximum Gasteiger partial charge on any atom is 0.323 e. The van der Waals surface area contributed by atoms with Crippen LogP contribution in [0.1, 0.15) is 36.3 Å². The highest BCUT2D eigenvalue weighted by molar-refractivity contribution is 7.11. The molecule has 0 aromatic carbocycles. The highest BCUT2D eigenvalue weighted by atomic mass is 32.1. The molecule has 0 fully saturated rings. The third-order valence-electron chi connectivity index (χ3n) is 3.39. The van der Waals surface area contributed by atoms with Crippen molar-refractivity contribution < 1.29 is 9.90 Å². The van der Waals surface area contributed by atoms with Crippen molar-refractivity contribution in [2.75, 3.05) is 6.54 Å². The second-order valence-corrected chi connectivity index (χ2v) is 6.03. The Balaban J connectivity index is 2.21. The normalized spacial score (nSPS) is 16.9. The number of carboxylic acid groups (broad SMARTS) is 1. The first-order valence-corrected chi connectivity index (χ1v) is 6.72. The first-order valence-electron chi connectivity index (χ1n) is 5.91. The van der Waals surface area contributed by atoms with Crippen LogP contribution in [0.5, 0.6) is 0 Å². The Bertz CT molecular complexity index is 440. The van der Waals surface area contributed by atoms with Gasteiger partial charge < -0.3 is 5.11 Å². The molecule has 1 N–H and O–H groups in total. The topological polar surface area (TPSA) is 53.4 Å². The van der Waals surface area contributed by atoms with E-state index in [4.69, 9.17) is 0 Å². The highest BCUT2D eigenvalue weighted by Gasteiger charge is 2.37. The number of hydrogen-bond donors (Lipinski definition) is 1. The zero-order valence-electron chi connectivity index (χ0n) is 10.5. The van der Waals surface area contributed by atoms with Crippen molar-refractivity contribution in [3.8, 4) is 0 Å². The number of fused-ring (bicyclic) bond motifs is 1. The second kappa shape index (κ2) is 4.38. The van der Waals surface area contributed by atoms with Crippen LogP contribution >= 0.6 is 11.3 Å². The molecule has 1 aliphatic heterocycles. The van der Waals surface area contributed by atoms with Crippen molar-refractivity contribution in [2.45, 2.75) is 45.7 Å². The van der Waals surface area contributed by atoms with Gasteiger partial charge in [0.05, 0.1) is 10.7 Å². The molecule has 1 aromatic heterocycles. The van der Waals surface area contributed by atoms with Crippen LogP contribution in [0.25, 0.3) is 0 Å². The standard InChI is InChI=1S/C12H18N2O2S/c1-4-10-13-8-5-6-14(7-9(8)17-10)12(2,3)11(15)16/h4-7H2,1-3H3,(H,15,16). The van der Waals surface area contributed by atoms with Gasteiger partial charge in [-0.2, -0.15) is 0 Å². The van der Waals surface area contributed by atoms with E-state index in [0.29, 0.717) is 6.54 Å². The summed E-state index contributed by atoms with van der Waals surface area (Å²) in [4.78, 5) is 19.1. The Morgan fingerprint density at radius 1 is 1.59 bits per heavy atom. The van der Waals surface area contributed by atoms with Gasteiger partial charge in [0.15, 0.2) is 0 Å². The maximum atomic E-state index is 11.2. The van der Waals surface area contributed by atoms with Gasteiger partial charge in [0.1, 0.15) is 5.54 Å². The molecule has 1 aliphatic rings. The van der Waals surface area contributed by atoms with E-state index in [1.54, 1.807) is 25.2 Å². The van der Waals surface area contributed by atoms with Crippen LogP contribution in [0.15, 0.2) is 0 Å². The summed E-state index contributed by atoms with van der Waals surface area (Å²) in [5.74, 6) is -0.763. The fourth-order valence-corrected chi connectivity index (χ4v) is 3.08. The Morgan fingerprint density at radius 3 is 2.88 bits per heavy atom. The van der Waals surface area contributed by atoms with E-state index in [1.165, 1.54) is 10.6 Å². The van der Waals surface area contributed by atoms with Crippen molar-refractivity contribution in [2.24, 2.45) is 0 Å². The van der Waals surface area contributed by atoms with Gasteiger partial charge >= 0.3 is 5.97 Å². The van der Waals surface area contributed by atoms with Crippen LogP contribution in [0.3, 0.4) is 0 Å². The van der Waals surface area contributed by atoms with Crippen LogP contribution in [0.2, 0.25) is 0 Å². The number of carboxylic acids is 1. The molecule has 0 spiro atoms. The van der Waals surface area contributed by atoms with Crippen LogP contribution in [0, 0.1) is 0 Å². The Labute approximate surface area is 105 Å². The molecule has 94 valence electrons. The zero-order valence-corrected chi connectivity index (χ0v) is 11.3. The van der Waals surface area contributed by atoms with E-state index in [2.05, 4.69) is 11.9 Å². The fourth-order valence-electron chi connectivity index (χ4n) is 2.01. The van der Waals surface area contributed by atoms with Crippen molar-refractivity contribution in [3.63, 3.8) is 0 Å². The Hall–Kier alpha value is -0.940. The first-order chi connectivity index (χ1) is 7.95. The van der Waals surface area contributed by atoms with Gasteiger partial charge in [-0.25, -0.2) is 4.98 Å². The summed E-state index contributed by atoms with van der Waals surface area (Å²) in [7, 11) is 0. The minimum absolute atomic E-state index is 0.715. The molecule has 0 atom stereocenters. The molecule has 0 unspecified atom stereocenters. The minimum Gasteiger partial charge on any atom is -0.480 e. The molecular formula is C12H18N2O2S. The number of aromatic nitrogens is 1. The molecule has 0 saturated heterocycles. The van der Waals surface area contributed by atoms with Crippen LogP contribution < -0.4 is 0 Å². The van der Waals surface area contributed by atoms with Gasteiger partial charge in [-0.1, -0.05) is 6.92 Å². The lowest BCUT2D eigenvalue weighted by molar-refractivity contribution is -0.150. The molecular weight excluding hydrogens is 236 g/mol. The summed E-state index contributed by atoms with van der Waals surface area (Å²) < 4.78 is 0. The SMILES string of the molecule is CCc1nc2c(s1)CN(C(C)(C)C(=O)O)CC2. The number of nitrogens with zero attached hydrogens (tertiary/aromatic N) is 2. The van der Waals surface area contributed by atoms with E-state index in [1.807, 2.05) is 4.90 Å². The largest absolute Gasteiger partial charge is 0.480 e. The van der Waals surface area contributed by atoms with Gasteiger partial charge in [-0.3, -0.25) is 9.69 Å².